The molecule has 1 heterocycles. The summed E-state index contributed by atoms with van der Waals surface area (Å²) in [6, 6.07) is 5.79. The number of amides is 1. The maximum atomic E-state index is 12.1. The average molecular weight is 343 g/mol. The SMILES string of the molecule is CC(N)C(C)C(=O)NCC(C)(C)c1ccc2c(c1)OCCO2.Cl. The Hall–Kier alpha value is -1.46. The summed E-state index contributed by atoms with van der Waals surface area (Å²) in [7, 11) is 0. The smallest absolute Gasteiger partial charge is 0.224 e. The predicted octanol–water partition coefficient (Wildman–Crippen LogP) is 2.26. The van der Waals surface area contributed by atoms with Crippen molar-refractivity contribution in [1.29, 1.82) is 0 Å². The van der Waals surface area contributed by atoms with E-state index in [9.17, 15) is 4.79 Å². The second-order valence-electron chi connectivity index (χ2n) is 6.61. The van der Waals surface area contributed by atoms with E-state index in [1.807, 2.05) is 32.0 Å². The molecule has 1 aliphatic heterocycles. The topological polar surface area (TPSA) is 73.6 Å². The molecule has 1 aromatic rings. The average Bonchev–Trinajstić information content (AvgIpc) is 2.51. The Morgan fingerprint density at radius 1 is 1.26 bits per heavy atom. The molecule has 2 atom stereocenters. The third-order valence-electron chi connectivity index (χ3n) is 4.23. The molecule has 23 heavy (non-hydrogen) atoms. The maximum Gasteiger partial charge on any atom is 0.224 e. The van der Waals surface area contributed by atoms with Crippen LogP contribution in [-0.2, 0) is 10.2 Å². The zero-order valence-corrected chi connectivity index (χ0v) is 15.0. The van der Waals surface area contributed by atoms with Crippen molar-refractivity contribution in [3.8, 4) is 11.5 Å². The number of fused-ring (bicyclic) bond motifs is 1. The number of carbonyl (C=O) groups excluding carboxylic acids is 1. The van der Waals surface area contributed by atoms with E-state index in [1.54, 1.807) is 0 Å². The monoisotopic (exact) mass is 342 g/mol. The molecule has 0 fully saturated rings. The summed E-state index contributed by atoms with van der Waals surface area (Å²) in [6.45, 7) is 9.57. The fraction of sp³-hybridized carbons (Fsp3) is 0.588. The molecule has 1 aliphatic rings. The first-order valence-corrected chi connectivity index (χ1v) is 7.74. The van der Waals surface area contributed by atoms with E-state index in [-0.39, 0.29) is 35.7 Å². The number of carbonyl (C=O) groups is 1. The van der Waals surface area contributed by atoms with Gasteiger partial charge in [0, 0.05) is 23.9 Å². The molecule has 6 heteroatoms. The number of ether oxygens (including phenoxy) is 2. The van der Waals surface area contributed by atoms with Gasteiger partial charge in [-0.3, -0.25) is 4.79 Å². The van der Waals surface area contributed by atoms with E-state index in [0.29, 0.717) is 19.8 Å². The fourth-order valence-corrected chi connectivity index (χ4v) is 2.27. The van der Waals surface area contributed by atoms with Gasteiger partial charge < -0.3 is 20.5 Å². The van der Waals surface area contributed by atoms with Crippen molar-refractivity contribution in [3.63, 3.8) is 0 Å². The van der Waals surface area contributed by atoms with Crippen molar-refractivity contribution in [2.24, 2.45) is 11.7 Å². The lowest BCUT2D eigenvalue weighted by molar-refractivity contribution is -0.125. The van der Waals surface area contributed by atoms with Crippen LogP contribution in [0.2, 0.25) is 0 Å². The van der Waals surface area contributed by atoms with Gasteiger partial charge in [0.2, 0.25) is 5.91 Å². The Labute approximate surface area is 144 Å². The normalized spacial score (nSPS) is 16.0. The first kappa shape index (κ1) is 19.6. The molecule has 0 aromatic heterocycles. The van der Waals surface area contributed by atoms with Crippen LogP contribution in [0.15, 0.2) is 18.2 Å². The van der Waals surface area contributed by atoms with E-state index in [2.05, 4.69) is 19.2 Å². The van der Waals surface area contributed by atoms with Gasteiger partial charge in [-0.25, -0.2) is 0 Å². The van der Waals surface area contributed by atoms with Crippen molar-refractivity contribution in [2.45, 2.75) is 39.2 Å². The molecule has 2 unspecified atom stereocenters. The van der Waals surface area contributed by atoms with Gasteiger partial charge >= 0.3 is 0 Å². The zero-order valence-electron chi connectivity index (χ0n) is 14.2. The molecular formula is C17H27ClN2O3. The van der Waals surface area contributed by atoms with Gasteiger partial charge in [-0.05, 0) is 24.6 Å². The zero-order chi connectivity index (χ0) is 16.3. The van der Waals surface area contributed by atoms with Crippen molar-refractivity contribution in [2.75, 3.05) is 19.8 Å². The molecule has 0 saturated carbocycles. The standard InChI is InChI=1S/C17H26N2O3.ClH/c1-11(12(2)18)16(20)19-10-17(3,4)13-5-6-14-15(9-13)22-8-7-21-14;/h5-6,9,11-12H,7-8,10,18H2,1-4H3,(H,19,20);1H. The molecule has 1 aromatic carbocycles. The largest absolute Gasteiger partial charge is 0.486 e. The number of benzene rings is 1. The van der Waals surface area contributed by atoms with Crippen LogP contribution in [0.3, 0.4) is 0 Å². The third kappa shape index (κ3) is 4.75. The lowest BCUT2D eigenvalue weighted by Gasteiger charge is -2.28. The Balaban J connectivity index is 0.00000264. The van der Waals surface area contributed by atoms with Crippen LogP contribution in [0, 0.1) is 5.92 Å². The minimum atomic E-state index is -0.205. The molecule has 2 rings (SSSR count). The molecule has 0 radical (unpaired) electrons. The van der Waals surface area contributed by atoms with Crippen molar-refractivity contribution >= 4 is 18.3 Å². The van der Waals surface area contributed by atoms with Gasteiger partial charge in [0.1, 0.15) is 13.2 Å². The Kier molecular flexibility index (Phi) is 6.71. The van der Waals surface area contributed by atoms with Crippen molar-refractivity contribution in [3.05, 3.63) is 23.8 Å². The summed E-state index contributed by atoms with van der Waals surface area (Å²) >= 11 is 0. The Morgan fingerprint density at radius 2 is 1.87 bits per heavy atom. The summed E-state index contributed by atoms with van der Waals surface area (Å²) < 4.78 is 11.2. The molecule has 3 N–H and O–H groups in total. The van der Waals surface area contributed by atoms with E-state index < -0.39 is 0 Å². The minimum absolute atomic E-state index is 0. The van der Waals surface area contributed by atoms with Gasteiger partial charge in [0.15, 0.2) is 11.5 Å². The van der Waals surface area contributed by atoms with E-state index in [4.69, 9.17) is 15.2 Å². The van der Waals surface area contributed by atoms with Crippen LogP contribution in [0.25, 0.3) is 0 Å². The second kappa shape index (κ2) is 7.88. The number of halogens is 1. The summed E-state index contributed by atoms with van der Waals surface area (Å²) in [5, 5.41) is 2.99. The van der Waals surface area contributed by atoms with E-state index in [0.717, 1.165) is 17.1 Å². The molecule has 1 amide bonds. The molecule has 0 spiro atoms. The van der Waals surface area contributed by atoms with E-state index >= 15 is 0 Å². The summed E-state index contributed by atoms with van der Waals surface area (Å²) in [5.74, 6) is 1.34. The van der Waals surface area contributed by atoms with Gasteiger partial charge in [0.25, 0.3) is 0 Å². The lowest BCUT2D eigenvalue weighted by atomic mass is 9.84. The number of hydrogen-bond donors (Lipinski definition) is 2. The van der Waals surface area contributed by atoms with Gasteiger partial charge in [-0.2, -0.15) is 0 Å². The number of nitrogens with one attached hydrogen (secondary N) is 1. The lowest BCUT2D eigenvalue weighted by Crippen LogP contribution is -2.43. The van der Waals surface area contributed by atoms with Crippen LogP contribution in [0.5, 0.6) is 11.5 Å². The molecular weight excluding hydrogens is 316 g/mol. The first-order chi connectivity index (χ1) is 10.3. The highest BCUT2D eigenvalue weighted by Crippen LogP contribution is 2.34. The van der Waals surface area contributed by atoms with Crippen molar-refractivity contribution in [1.82, 2.24) is 5.32 Å². The van der Waals surface area contributed by atoms with Crippen LogP contribution in [-0.4, -0.2) is 31.7 Å². The molecule has 130 valence electrons. The molecule has 0 aliphatic carbocycles. The predicted molar refractivity (Wildman–Crippen MR) is 93.5 cm³/mol. The maximum absolute atomic E-state index is 12.1. The summed E-state index contributed by atoms with van der Waals surface area (Å²) in [5.41, 5.74) is 6.67. The summed E-state index contributed by atoms with van der Waals surface area (Å²) in [6.07, 6.45) is 0. The highest BCUT2D eigenvalue weighted by molar-refractivity contribution is 5.85. The van der Waals surface area contributed by atoms with Crippen LogP contribution < -0.4 is 20.5 Å². The second-order valence-corrected chi connectivity index (χ2v) is 6.61. The van der Waals surface area contributed by atoms with Crippen LogP contribution in [0.1, 0.15) is 33.3 Å². The van der Waals surface area contributed by atoms with Gasteiger partial charge in [0.05, 0.1) is 0 Å². The Bertz CT molecular complexity index is 547. The van der Waals surface area contributed by atoms with Crippen molar-refractivity contribution < 1.29 is 14.3 Å². The summed E-state index contributed by atoms with van der Waals surface area (Å²) in [4.78, 5) is 12.1. The number of rotatable bonds is 5. The number of hydrogen-bond acceptors (Lipinski definition) is 4. The van der Waals surface area contributed by atoms with E-state index in [1.165, 1.54) is 0 Å². The minimum Gasteiger partial charge on any atom is -0.486 e. The third-order valence-corrected chi connectivity index (χ3v) is 4.23. The number of nitrogens with two attached hydrogens (primary N) is 1. The quantitative estimate of drug-likeness (QED) is 0.860. The first-order valence-electron chi connectivity index (χ1n) is 7.74. The highest BCUT2D eigenvalue weighted by atomic mass is 35.5. The molecule has 5 nitrogen and oxygen atoms in total. The van der Waals surface area contributed by atoms with Gasteiger partial charge in [-0.15, -0.1) is 12.4 Å². The van der Waals surface area contributed by atoms with Crippen LogP contribution >= 0.6 is 12.4 Å². The Morgan fingerprint density at radius 3 is 2.48 bits per heavy atom. The molecule has 0 saturated heterocycles. The highest BCUT2D eigenvalue weighted by Gasteiger charge is 2.25. The van der Waals surface area contributed by atoms with Gasteiger partial charge in [-0.1, -0.05) is 26.8 Å². The molecule has 0 bridgehead atoms. The fourth-order valence-electron chi connectivity index (χ4n) is 2.27. The van der Waals surface area contributed by atoms with Crippen LogP contribution in [0.4, 0.5) is 0 Å².